The van der Waals surface area contributed by atoms with E-state index in [1.807, 2.05) is 34.8 Å². The molecule has 0 amide bonds. The van der Waals surface area contributed by atoms with E-state index in [1.165, 1.54) is 63.4 Å². The Morgan fingerprint density at radius 3 is 2.35 bits per heavy atom. The Balaban J connectivity index is 2.34. The molecule has 0 aliphatic heterocycles. The highest BCUT2D eigenvalue weighted by Crippen LogP contribution is 2.38. The topological polar surface area (TPSA) is 0 Å². The lowest BCUT2D eigenvalue weighted by molar-refractivity contribution is 1.40. The molecule has 2 aromatic heterocycles. The number of hydrogen-bond donors (Lipinski definition) is 0. The van der Waals surface area contributed by atoms with E-state index in [-0.39, 0.29) is 0 Å². The summed E-state index contributed by atoms with van der Waals surface area (Å²) in [6.07, 6.45) is 14.7. The van der Waals surface area contributed by atoms with Crippen molar-refractivity contribution in [2.45, 2.75) is 41.5 Å². The molecular weight excluding hydrogens is 448 g/mol. The molecule has 0 N–H and O–H groups in total. The molecule has 0 atom stereocenters. The van der Waals surface area contributed by atoms with E-state index in [2.05, 4.69) is 110 Å². The van der Waals surface area contributed by atoms with Gasteiger partial charge in [-0.1, -0.05) is 86.0 Å². The fourth-order valence-electron chi connectivity index (χ4n) is 4.33. The Bertz CT molecular complexity index is 1490. The second kappa shape index (κ2) is 11.0. The summed E-state index contributed by atoms with van der Waals surface area (Å²) >= 11 is 3.65. The molecule has 0 saturated heterocycles. The van der Waals surface area contributed by atoms with E-state index in [0.717, 1.165) is 5.22 Å². The molecule has 0 radical (unpaired) electrons. The molecule has 0 aliphatic rings. The number of hydrogen-bond acceptors (Lipinski definition) is 2. The first-order valence-electron chi connectivity index (χ1n) is 11.5. The minimum Gasteiger partial charge on any atom is -0.135 e. The van der Waals surface area contributed by atoms with E-state index in [9.17, 15) is 0 Å². The van der Waals surface area contributed by atoms with E-state index in [1.54, 1.807) is 0 Å². The molecular formula is C32H34S2. The first-order chi connectivity index (χ1) is 16.3. The molecule has 174 valence electrons. The summed E-state index contributed by atoms with van der Waals surface area (Å²) in [5.41, 5.74) is 8.77. The van der Waals surface area contributed by atoms with Gasteiger partial charge in [0.25, 0.3) is 0 Å². The van der Waals surface area contributed by atoms with Gasteiger partial charge in [-0.2, -0.15) is 0 Å². The summed E-state index contributed by atoms with van der Waals surface area (Å²) in [5, 5.41) is 2.31. The molecule has 0 nitrogen and oxygen atoms in total. The van der Waals surface area contributed by atoms with Gasteiger partial charge in [-0.05, 0) is 80.2 Å². The van der Waals surface area contributed by atoms with Crippen LogP contribution in [0.5, 0.6) is 0 Å². The lowest BCUT2D eigenvalue weighted by Crippen LogP contribution is -2.19. The van der Waals surface area contributed by atoms with Crippen LogP contribution in [-0.4, -0.2) is 0 Å². The highest BCUT2D eigenvalue weighted by molar-refractivity contribution is 7.17. The van der Waals surface area contributed by atoms with Gasteiger partial charge in [-0.15, -0.1) is 22.7 Å². The number of fused-ring (bicyclic) bond motifs is 1. The van der Waals surface area contributed by atoms with Crippen molar-refractivity contribution in [3.05, 3.63) is 104 Å². The lowest BCUT2D eigenvalue weighted by atomic mass is 9.99. The largest absolute Gasteiger partial charge is 0.135 e. The van der Waals surface area contributed by atoms with Gasteiger partial charge in [0.2, 0.25) is 0 Å². The van der Waals surface area contributed by atoms with Crippen molar-refractivity contribution in [3.63, 3.8) is 0 Å². The summed E-state index contributed by atoms with van der Waals surface area (Å²) < 4.78 is 2.51. The van der Waals surface area contributed by atoms with Crippen molar-refractivity contribution in [2.75, 3.05) is 0 Å². The van der Waals surface area contributed by atoms with Crippen molar-refractivity contribution in [1.29, 1.82) is 0 Å². The Kier molecular flexibility index (Phi) is 8.30. The number of thiophene rings is 2. The fraction of sp³-hybridized carbons (Fsp3) is 0.188. The summed E-state index contributed by atoms with van der Waals surface area (Å²) in [7, 11) is 0. The Labute approximate surface area is 212 Å². The molecule has 3 aromatic rings. The predicted molar refractivity (Wildman–Crippen MR) is 161 cm³/mol. The smallest absolute Gasteiger partial charge is 0.0433 e. The molecule has 2 heterocycles. The van der Waals surface area contributed by atoms with Crippen LogP contribution in [0, 0.1) is 6.92 Å². The van der Waals surface area contributed by atoms with Crippen LogP contribution in [0.15, 0.2) is 67.3 Å². The van der Waals surface area contributed by atoms with E-state index in [0.29, 0.717) is 0 Å². The second-order valence-electron chi connectivity index (χ2n) is 8.54. The maximum Gasteiger partial charge on any atom is 0.0433 e. The summed E-state index contributed by atoms with van der Waals surface area (Å²) in [5.74, 6) is 0. The molecule has 0 saturated carbocycles. The minimum absolute atomic E-state index is 1.10. The highest BCUT2D eigenvalue weighted by Gasteiger charge is 2.17. The van der Waals surface area contributed by atoms with Crippen LogP contribution >= 0.6 is 22.7 Å². The van der Waals surface area contributed by atoms with Crippen LogP contribution in [0.2, 0.25) is 0 Å². The van der Waals surface area contributed by atoms with Crippen molar-refractivity contribution < 1.29 is 0 Å². The van der Waals surface area contributed by atoms with E-state index < -0.39 is 0 Å². The molecule has 34 heavy (non-hydrogen) atoms. The SMILES string of the molecule is C=C/C=C(\C=C(C)C)c1cccc2c(=C)/c(=C(C)/C(=C/C)c3sc(C=C)c(/C=C\C)c3C)sc12. The zero-order valence-corrected chi connectivity index (χ0v) is 22.8. The number of benzene rings is 1. The van der Waals surface area contributed by atoms with Gasteiger partial charge in [-0.25, -0.2) is 0 Å². The monoisotopic (exact) mass is 482 g/mol. The van der Waals surface area contributed by atoms with Crippen LogP contribution in [0.1, 0.15) is 61.1 Å². The predicted octanol–water partition coefficient (Wildman–Crippen LogP) is 9.17. The van der Waals surface area contributed by atoms with Crippen molar-refractivity contribution >= 4 is 68.2 Å². The molecule has 0 fully saturated rings. The lowest BCUT2D eigenvalue weighted by Gasteiger charge is -2.07. The normalized spacial score (nSPS) is 13.5. The molecule has 1 aromatic carbocycles. The van der Waals surface area contributed by atoms with Crippen LogP contribution in [-0.2, 0) is 0 Å². The minimum atomic E-state index is 1.10. The van der Waals surface area contributed by atoms with Gasteiger partial charge in [-0.3, -0.25) is 0 Å². The van der Waals surface area contributed by atoms with Crippen LogP contribution in [0.3, 0.4) is 0 Å². The third kappa shape index (κ3) is 4.80. The molecule has 0 unspecified atom stereocenters. The standard InChI is InChI=1S/C32H34S2/c1-10-15-24(19-20(5)6)28-18-14-17-27-23(9)30(34-32(27)28)21(7)25(12-3)31-22(8)26(16-11-2)29(13-4)33-31/h10-19H,1,4,9H2,2-3,5-8H3/b16-11-,24-15+,25-12-,30-21-. The summed E-state index contributed by atoms with van der Waals surface area (Å²) in [4.78, 5) is 2.52. The Morgan fingerprint density at radius 1 is 1.03 bits per heavy atom. The second-order valence-corrected chi connectivity index (χ2v) is 10.6. The van der Waals surface area contributed by atoms with Gasteiger partial charge in [0.05, 0.1) is 0 Å². The van der Waals surface area contributed by atoms with Crippen molar-refractivity contribution in [1.82, 2.24) is 0 Å². The first kappa shape index (κ1) is 25.7. The molecule has 0 aliphatic carbocycles. The first-order valence-corrected chi connectivity index (χ1v) is 13.2. The van der Waals surface area contributed by atoms with Crippen LogP contribution < -0.4 is 9.75 Å². The van der Waals surface area contributed by atoms with E-state index in [4.69, 9.17) is 0 Å². The van der Waals surface area contributed by atoms with Crippen LogP contribution in [0.25, 0.3) is 45.5 Å². The quantitative estimate of drug-likeness (QED) is 0.294. The molecule has 3 rings (SSSR count). The number of allylic oxidation sites excluding steroid dienone is 8. The summed E-state index contributed by atoms with van der Waals surface area (Å²) in [6.45, 7) is 25.4. The van der Waals surface area contributed by atoms with Gasteiger partial charge in [0.15, 0.2) is 0 Å². The molecule has 0 bridgehead atoms. The van der Waals surface area contributed by atoms with Gasteiger partial charge in [0.1, 0.15) is 0 Å². The average Bonchev–Trinajstić information content (AvgIpc) is 3.31. The van der Waals surface area contributed by atoms with Gasteiger partial charge in [0, 0.05) is 24.4 Å². The van der Waals surface area contributed by atoms with Crippen molar-refractivity contribution in [3.8, 4) is 0 Å². The van der Waals surface area contributed by atoms with Crippen LogP contribution in [0.4, 0.5) is 0 Å². The fourth-order valence-corrected chi connectivity index (χ4v) is 6.90. The van der Waals surface area contributed by atoms with E-state index >= 15 is 0 Å². The van der Waals surface area contributed by atoms with Gasteiger partial charge < -0.3 is 0 Å². The molecule has 0 spiro atoms. The zero-order valence-electron chi connectivity index (χ0n) is 21.2. The summed E-state index contributed by atoms with van der Waals surface area (Å²) in [6, 6.07) is 6.52. The Hall–Kier alpha value is -2.94. The maximum atomic E-state index is 4.52. The average molecular weight is 483 g/mol. The molecule has 2 heteroatoms. The van der Waals surface area contributed by atoms with Crippen molar-refractivity contribution in [2.24, 2.45) is 0 Å². The third-order valence-electron chi connectivity index (χ3n) is 5.89. The number of rotatable bonds is 7. The Morgan fingerprint density at radius 2 is 1.76 bits per heavy atom. The third-order valence-corrected chi connectivity index (χ3v) is 8.63. The highest BCUT2D eigenvalue weighted by atomic mass is 32.1. The zero-order chi connectivity index (χ0) is 25.0. The maximum absolute atomic E-state index is 4.52. The van der Waals surface area contributed by atoms with Gasteiger partial charge >= 0.3 is 0 Å².